The first-order chi connectivity index (χ1) is 7.65. The minimum Gasteiger partial charge on any atom is -0.349 e. The Morgan fingerprint density at radius 3 is 3.12 bits per heavy atom. The van der Waals surface area contributed by atoms with Crippen molar-refractivity contribution in [3.05, 3.63) is 29.6 Å². The summed E-state index contributed by atoms with van der Waals surface area (Å²) in [5.41, 5.74) is 7.43. The van der Waals surface area contributed by atoms with E-state index in [-0.39, 0.29) is 12.3 Å². The molecule has 1 aromatic heterocycles. The van der Waals surface area contributed by atoms with Crippen molar-refractivity contribution < 1.29 is 4.79 Å². The van der Waals surface area contributed by atoms with Crippen LogP contribution in [0, 0.1) is 19.3 Å². The summed E-state index contributed by atoms with van der Waals surface area (Å²) < 4.78 is 0. The Bertz CT molecular complexity index is 409. The topological polar surface area (TPSA) is 68.0 Å². The van der Waals surface area contributed by atoms with E-state index >= 15 is 0 Å². The number of amides is 1. The van der Waals surface area contributed by atoms with Crippen LogP contribution in [0.3, 0.4) is 0 Å². The Labute approximate surface area is 95.3 Å². The molecule has 0 aliphatic heterocycles. The second kappa shape index (κ2) is 5.89. The van der Waals surface area contributed by atoms with Gasteiger partial charge in [-0.1, -0.05) is 6.07 Å². The van der Waals surface area contributed by atoms with Gasteiger partial charge in [-0.15, -0.1) is 12.3 Å². The van der Waals surface area contributed by atoms with Gasteiger partial charge in [0, 0.05) is 12.6 Å². The first-order valence-electron chi connectivity index (χ1n) is 5.02. The fourth-order valence-electron chi connectivity index (χ4n) is 1.23. The van der Waals surface area contributed by atoms with Crippen LogP contribution in [0.5, 0.6) is 0 Å². The van der Waals surface area contributed by atoms with Crippen LogP contribution in [0.4, 0.5) is 0 Å². The standard InChI is InChI=1S/C12H15N3O/c1-3-5-10(13)12(16)15-8-11-9(2)6-4-7-14-11/h1,4,6-7,10H,5,8,13H2,2H3,(H,15,16). The summed E-state index contributed by atoms with van der Waals surface area (Å²) in [6, 6.07) is 3.15. The first-order valence-corrected chi connectivity index (χ1v) is 5.02. The molecule has 0 radical (unpaired) electrons. The SMILES string of the molecule is C#CCC(N)C(=O)NCc1ncccc1C. The molecule has 0 aromatic carbocycles. The quantitative estimate of drug-likeness (QED) is 0.715. The number of carbonyl (C=O) groups excluding carboxylic acids is 1. The number of pyridine rings is 1. The molecule has 0 aliphatic rings. The van der Waals surface area contributed by atoms with Crippen LogP contribution in [0.15, 0.2) is 18.3 Å². The van der Waals surface area contributed by atoms with Gasteiger partial charge in [0.1, 0.15) is 0 Å². The number of aryl methyl sites for hydroxylation is 1. The Morgan fingerprint density at radius 2 is 2.50 bits per heavy atom. The Kier molecular flexibility index (Phi) is 4.49. The molecule has 1 amide bonds. The number of aromatic nitrogens is 1. The molecule has 0 saturated carbocycles. The van der Waals surface area contributed by atoms with E-state index in [0.29, 0.717) is 6.54 Å². The van der Waals surface area contributed by atoms with Crippen LogP contribution >= 0.6 is 0 Å². The van der Waals surface area contributed by atoms with Gasteiger partial charge in [-0.3, -0.25) is 9.78 Å². The van der Waals surface area contributed by atoms with Crippen LogP contribution in [-0.2, 0) is 11.3 Å². The average molecular weight is 217 g/mol. The van der Waals surface area contributed by atoms with Crippen LogP contribution in [0.1, 0.15) is 17.7 Å². The molecule has 1 atom stereocenters. The number of carbonyl (C=O) groups is 1. The zero-order valence-electron chi connectivity index (χ0n) is 9.23. The lowest BCUT2D eigenvalue weighted by Gasteiger charge is -2.10. The normalized spacial score (nSPS) is 11.6. The second-order valence-electron chi connectivity index (χ2n) is 3.50. The van der Waals surface area contributed by atoms with Crippen LogP contribution in [0.2, 0.25) is 0 Å². The zero-order chi connectivity index (χ0) is 12.0. The molecule has 0 saturated heterocycles. The molecular weight excluding hydrogens is 202 g/mol. The molecule has 1 aromatic rings. The number of hydrogen-bond donors (Lipinski definition) is 2. The van der Waals surface area contributed by atoms with E-state index in [9.17, 15) is 4.79 Å². The molecule has 16 heavy (non-hydrogen) atoms. The van der Waals surface area contributed by atoms with Gasteiger partial charge in [0.15, 0.2) is 0 Å². The maximum absolute atomic E-state index is 11.5. The van der Waals surface area contributed by atoms with Crippen molar-refractivity contribution in [1.82, 2.24) is 10.3 Å². The van der Waals surface area contributed by atoms with Crippen molar-refractivity contribution in [2.24, 2.45) is 5.73 Å². The predicted octanol–water partition coefficient (Wildman–Crippen LogP) is 0.357. The summed E-state index contributed by atoms with van der Waals surface area (Å²) in [4.78, 5) is 15.6. The third-order valence-corrected chi connectivity index (χ3v) is 2.22. The van der Waals surface area contributed by atoms with Gasteiger partial charge >= 0.3 is 0 Å². The van der Waals surface area contributed by atoms with Crippen molar-refractivity contribution in [2.75, 3.05) is 0 Å². The summed E-state index contributed by atoms with van der Waals surface area (Å²) >= 11 is 0. The Morgan fingerprint density at radius 1 is 1.75 bits per heavy atom. The van der Waals surface area contributed by atoms with E-state index in [4.69, 9.17) is 12.2 Å². The van der Waals surface area contributed by atoms with Gasteiger partial charge < -0.3 is 11.1 Å². The van der Waals surface area contributed by atoms with E-state index in [2.05, 4.69) is 16.2 Å². The van der Waals surface area contributed by atoms with Crippen molar-refractivity contribution in [2.45, 2.75) is 25.9 Å². The van der Waals surface area contributed by atoms with Crippen molar-refractivity contribution in [3.8, 4) is 12.3 Å². The van der Waals surface area contributed by atoms with Crippen LogP contribution < -0.4 is 11.1 Å². The molecule has 0 aliphatic carbocycles. The van der Waals surface area contributed by atoms with Gasteiger partial charge in [0.2, 0.25) is 5.91 Å². The second-order valence-corrected chi connectivity index (χ2v) is 3.50. The van der Waals surface area contributed by atoms with Crippen molar-refractivity contribution >= 4 is 5.91 Å². The lowest BCUT2D eigenvalue weighted by Crippen LogP contribution is -2.40. The molecule has 1 unspecified atom stereocenters. The van der Waals surface area contributed by atoms with Gasteiger partial charge in [-0.25, -0.2) is 0 Å². The summed E-state index contributed by atoms with van der Waals surface area (Å²) in [5, 5.41) is 2.70. The molecule has 84 valence electrons. The van der Waals surface area contributed by atoms with Gasteiger partial charge in [0.25, 0.3) is 0 Å². The van der Waals surface area contributed by atoms with E-state index in [1.165, 1.54) is 0 Å². The summed E-state index contributed by atoms with van der Waals surface area (Å²) in [6.07, 6.45) is 7.01. The van der Waals surface area contributed by atoms with E-state index in [1.807, 2.05) is 19.1 Å². The summed E-state index contributed by atoms with van der Waals surface area (Å²) in [6.45, 7) is 2.32. The number of hydrogen-bond acceptors (Lipinski definition) is 3. The minimum atomic E-state index is -0.644. The lowest BCUT2D eigenvalue weighted by molar-refractivity contribution is -0.122. The number of nitrogens with one attached hydrogen (secondary N) is 1. The predicted molar refractivity (Wildman–Crippen MR) is 62.2 cm³/mol. The smallest absolute Gasteiger partial charge is 0.238 e. The number of terminal acetylenes is 1. The molecule has 3 N–H and O–H groups in total. The molecule has 4 nitrogen and oxygen atoms in total. The monoisotopic (exact) mass is 217 g/mol. The lowest BCUT2D eigenvalue weighted by atomic mass is 10.2. The van der Waals surface area contributed by atoms with Gasteiger partial charge in [0.05, 0.1) is 18.3 Å². The molecule has 0 spiro atoms. The maximum Gasteiger partial charge on any atom is 0.238 e. The maximum atomic E-state index is 11.5. The molecule has 1 rings (SSSR count). The fraction of sp³-hybridized carbons (Fsp3) is 0.333. The molecule has 4 heteroatoms. The Hall–Kier alpha value is -1.86. The number of nitrogens with zero attached hydrogens (tertiary/aromatic N) is 1. The van der Waals surface area contributed by atoms with E-state index in [0.717, 1.165) is 11.3 Å². The highest BCUT2D eigenvalue weighted by molar-refractivity contribution is 5.81. The third kappa shape index (κ3) is 3.37. The average Bonchev–Trinajstić information content (AvgIpc) is 2.28. The first kappa shape index (κ1) is 12.2. The van der Waals surface area contributed by atoms with Gasteiger partial charge in [-0.05, 0) is 18.6 Å². The summed E-state index contributed by atoms with van der Waals surface area (Å²) in [7, 11) is 0. The number of rotatable bonds is 4. The largest absolute Gasteiger partial charge is 0.349 e. The molecule has 1 heterocycles. The molecule has 0 fully saturated rings. The fourth-order valence-corrected chi connectivity index (χ4v) is 1.23. The van der Waals surface area contributed by atoms with E-state index < -0.39 is 6.04 Å². The molecular formula is C12H15N3O. The van der Waals surface area contributed by atoms with Crippen LogP contribution in [-0.4, -0.2) is 16.9 Å². The Balaban J connectivity index is 2.50. The third-order valence-electron chi connectivity index (χ3n) is 2.22. The zero-order valence-corrected chi connectivity index (χ0v) is 9.23. The number of nitrogens with two attached hydrogens (primary N) is 1. The van der Waals surface area contributed by atoms with Crippen molar-refractivity contribution in [1.29, 1.82) is 0 Å². The van der Waals surface area contributed by atoms with Crippen molar-refractivity contribution in [3.63, 3.8) is 0 Å². The van der Waals surface area contributed by atoms with Gasteiger partial charge in [-0.2, -0.15) is 0 Å². The highest BCUT2D eigenvalue weighted by Gasteiger charge is 2.11. The minimum absolute atomic E-state index is 0.243. The highest BCUT2D eigenvalue weighted by Crippen LogP contribution is 2.02. The van der Waals surface area contributed by atoms with Crippen LogP contribution in [0.25, 0.3) is 0 Å². The summed E-state index contributed by atoms with van der Waals surface area (Å²) in [5.74, 6) is 2.11. The highest BCUT2D eigenvalue weighted by atomic mass is 16.2. The van der Waals surface area contributed by atoms with E-state index in [1.54, 1.807) is 6.20 Å². The molecule has 0 bridgehead atoms.